The summed E-state index contributed by atoms with van der Waals surface area (Å²) in [5, 5.41) is 0. The Hall–Kier alpha value is -2.08. The van der Waals surface area contributed by atoms with Gasteiger partial charge in [-0.05, 0) is 30.7 Å². The van der Waals surface area contributed by atoms with Crippen molar-refractivity contribution >= 4 is 15.7 Å². The van der Waals surface area contributed by atoms with E-state index in [1.165, 1.54) is 29.0 Å². The van der Waals surface area contributed by atoms with Gasteiger partial charge in [0.05, 0.1) is 10.6 Å². The fraction of sp³-hybridized carbons (Fsp3) is 0.154. The van der Waals surface area contributed by atoms with Gasteiger partial charge >= 0.3 is 0 Å². The molecule has 0 saturated heterocycles. The summed E-state index contributed by atoms with van der Waals surface area (Å²) in [5.41, 5.74) is 1.02. The molecule has 5 nitrogen and oxygen atoms in total. The zero-order valence-corrected chi connectivity index (χ0v) is 11.4. The molecule has 1 N–H and O–H groups in total. The van der Waals surface area contributed by atoms with Crippen molar-refractivity contribution in [1.29, 1.82) is 0 Å². The second-order valence-electron chi connectivity index (χ2n) is 4.29. The molecule has 0 bridgehead atoms. The van der Waals surface area contributed by atoms with E-state index in [2.05, 4.69) is 4.72 Å². The van der Waals surface area contributed by atoms with Gasteiger partial charge in [-0.1, -0.05) is 12.1 Å². The molecule has 2 rings (SSSR count). The fourth-order valence-electron chi connectivity index (χ4n) is 1.65. The van der Waals surface area contributed by atoms with Gasteiger partial charge in [0.1, 0.15) is 0 Å². The standard InChI is InChI=1S/C13H14N2O3S/c1-10-4-3-5-12(8-10)19(17,18)14-11-6-7-13(16)15(2)9-11/h3-9,14H,1-2H3. The Kier molecular flexibility index (Phi) is 3.44. The van der Waals surface area contributed by atoms with Crippen LogP contribution in [0.25, 0.3) is 0 Å². The molecule has 0 unspecified atom stereocenters. The van der Waals surface area contributed by atoms with E-state index in [1.807, 2.05) is 13.0 Å². The van der Waals surface area contributed by atoms with Crippen molar-refractivity contribution < 1.29 is 8.42 Å². The first-order chi connectivity index (χ1) is 8.88. The highest BCUT2D eigenvalue weighted by Crippen LogP contribution is 2.15. The first kappa shape index (κ1) is 13.4. The predicted molar refractivity (Wildman–Crippen MR) is 73.7 cm³/mol. The Bertz CT molecular complexity index is 763. The van der Waals surface area contributed by atoms with Gasteiger partial charge in [0.15, 0.2) is 0 Å². The van der Waals surface area contributed by atoms with Crippen LogP contribution in [0.15, 0.2) is 52.3 Å². The normalized spacial score (nSPS) is 11.3. The quantitative estimate of drug-likeness (QED) is 0.925. The largest absolute Gasteiger partial charge is 0.316 e. The molecule has 1 aromatic carbocycles. The molecule has 1 heterocycles. The van der Waals surface area contributed by atoms with Crippen LogP contribution in [0.1, 0.15) is 5.56 Å². The molecular weight excluding hydrogens is 264 g/mol. The van der Waals surface area contributed by atoms with Gasteiger partial charge in [-0.25, -0.2) is 8.42 Å². The van der Waals surface area contributed by atoms with Crippen molar-refractivity contribution in [3.8, 4) is 0 Å². The maximum atomic E-state index is 12.2. The van der Waals surface area contributed by atoms with Crippen LogP contribution in [0.4, 0.5) is 5.69 Å². The number of hydrogen-bond donors (Lipinski definition) is 1. The third kappa shape index (κ3) is 3.03. The van der Waals surface area contributed by atoms with Crippen LogP contribution in [0.5, 0.6) is 0 Å². The van der Waals surface area contributed by atoms with Crippen LogP contribution in [0.2, 0.25) is 0 Å². The molecule has 0 aliphatic rings. The number of benzene rings is 1. The second-order valence-corrected chi connectivity index (χ2v) is 5.97. The van der Waals surface area contributed by atoms with E-state index >= 15 is 0 Å². The molecule has 2 aromatic rings. The fourth-order valence-corrected chi connectivity index (χ4v) is 2.80. The van der Waals surface area contributed by atoms with E-state index in [4.69, 9.17) is 0 Å². The van der Waals surface area contributed by atoms with Crippen molar-refractivity contribution in [3.63, 3.8) is 0 Å². The van der Waals surface area contributed by atoms with E-state index in [1.54, 1.807) is 19.2 Å². The number of pyridine rings is 1. The molecule has 0 spiro atoms. The van der Waals surface area contributed by atoms with E-state index in [0.29, 0.717) is 5.69 Å². The molecule has 0 saturated carbocycles. The lowest BCUT2D eigenvalue weighted by Crippen LogP contribution is -2.18. The molecule has 0 amide bonds. The second kappa shape index (κ2) is 4.89. The van der Waals surface area contributed by atoms with E-state index in [0.717, 1.165) is 5.56 Å². The summed E-state index contributed by atoms with van der Waals surface area (Å²) in [7, 11) is -2.07. The number of sulfonamides is 1. The minimum absolute atomic E-state index is 0.196. The van der Waals surface area contributed by atoms with Gasteiger partial charge in [-0.15, -0.1) is 0 Å². The number of nitrogens with zero attached hydrogens (tertiary/aromatic N) is 1. The average Bonchev–Trinajstić information content (AvgIpc) is 2.33. The molecule has 0 atom stereocenters. The molecule has 0 aliphatic carbocycles. The van der Waals surface area contributed by atoms with E-state index in [-0.39, 0.29) is 10.5 Å². The highest BCUT2D eigenvalue weighted by Gasteiger charge is 2.14. The average molecular weight is 278 g/mol. The van der Waals surface area contributed by atoms with Crippen molar-refractivity contribution in [2.75, 3.05) is 4.72 Å². The molecular formula is C13H14N2O3S. The summed E-state index contributed by atoms with van der Waals surface area (Å²) in [6.45, 7) is 1.82. The van der Waals surface area contributed by atoms with Gasteiger partial charge in [0.25, 0.3) is 10.0 Å². The lowest BCUT2D eigenvalue weighted by molar-refractivity contribution is 0.601. The molecule has 0 fully saturated rings. The minimum atomic E-state index is -3.63. The Balaban J connectivity index is 2.36. The first-order valence-corrected chi connectivity index (χ1v) is 7.13. The maximum absolute atomic E-state index is 12.2. The van der Waals surface area contributed by atoms with Crippen molar-refractivity contribution in [1.82, 2.24) is 4.57 Å². The third-order valence-corrected chi connectivity index (χ3v) is 4.02. The van der Waals surface area contributed by atoms with Crippen LogP contribution >= 0.6 is 0 Å². The topological polar surface area (TPSA) is 68.2 Å². The monoisotopic (exact) mass is 278 g/mol. The number of aryl methyl sites for hydroxylation is 2. The van der Waals surface area contributed by atoms with Crippen molar-refractivity contribution in [3.05, 3.63) is 58.5 Å². The third-order valence-electron chi connectivity index (χ3n) is 2.64. The highest BCUT2D eigenvalue weighted by atomic mass is 32.2. The molecule has 0 aliphatic heterocycles. The van der Waals surface area contributed by atoms with Crippen LogP contribution < -0.4 is 10.3 Å². The van der Waals surface area contributed by atoms with Gasteiger partial charge in [0.2, 0.25) is 5.56 Å². The molecule has 0 radical (unpaired) electrons. The summed E-state index contributed by atoms with van der Waals surface area (Å²) in [6.07, 6.45) is 1.44. The van der Waals surface area contributed by atoms with E-state index in [9.17, 15) is 13.2 Å². The SMILES string of the molecule is Cc1cccc(S(=O)(=O)Nc2ccc(=O)n(C)c2)c1. The zero-order chi connectivity index (χ0) is 14.0. The van der Waals surface area contributed by atoms with Crippen LogP contribution in [0, 0.1) is 6.92 Å². The summed E-state index contributed by atoms with van der Waals surface area (Å²) in [4.78, 5) is 11.4. The number of rotatable bonds is 3. The molecule has 19 heavy (non-hydrogen) atoms. The van der Waals surface area contributed by atoms with Crippen LogP contribution in [-0.4, -0.2) is 13.0 Å². The Morgan fingerprint density at radius 1 is 1.16 bits per heavy atom. The smallest absolute Gasteiger partial charge is 0.261 e. The van der Waals surface area contributed by atoms with Crippen molar-refractivity contribution in [2.24, 2.45) is 7.05 Å². The predicted octanol–water partition coefficient (Wildman–Crippen LogP) is 1.49. The van der Waals surface area contributed by atoms with Crippen molar-refractivity contribution in [2.45, 2.75) is 11.8 Å². The van der Waals surface area contributed by atoms with E-state index < -0.39 is 10.0 Å². The maximum Gasteiger partial charge on any atom is 0.261 e. The Morgan fingerprint density at radius 2 is 1.89 bits per heavy atom. The first-order valence-electron chi connectivity index (χ1n) is 5.65. The zero-order valence-electron chi connectivity index (χ0n) is 10.6. The van der Waals surface area contributed by atoms with Crippen LogP contribution in [-0.2, 0) is 17.1 Å². The lowest BCUT2D eigenvalue weighted by Gasteiger charge is -2.09. The summed E-state index contributed by atoms with van der Waals surface area (Å²) < 4.78 is 28.1. The molecule has 6 heteroatoms. The molecule has 1 aromatic heterocycles. The van der Waals surface area contributed by atoms with Gasteiger partial charge < -0.3 is 4.57 Å². The highest BCUT2D eigenvalue weighted by molar-refractivity contribution is 7.92. The minimum Gasteiger partial charge on any atom is -0.316 e. The van der Waals surface area contributed by atoms with Gasteiger partial charge in [-0.2, -0.15) is 0 Å². The Morgan fingerprint density at radius 3 is 2.53 bits per heavy atom. The summed E-state index contributed by atoms with van der Waals surface area (Å²) in [5.74, 6) is 0. The lowest BCUT2D eigenvalue weighted by atomic mass is 10.2. The van der Waals surface area contributed by atoms with Gasteiger partial charge in [-0.3, -0.25) is 9.52 Å². The number of hydrogen-bond acceptors (Lipinski definition) is 3. The Labute approximate surface area is 111 Å². The number of nitrogens with one attached hydrogen (secondary N) is 1. The number of aromatic nitrogens is 1. The summed E-state index contributed by atoms with van der Waals surface area (Å²) in [6, 6.07) is 9.38. The van der Waals surface area contributed by atoms with Crippen LogP contribution in [0.3, 0.4) is 0 Å². The number of anilines is 1. The summed E-state index contributed by atoms with van der Waals surface area (Å²) >= 11 is 0. The van der Waals surface area contributed by atoms with Gasteiger partial charge in [0, 0.05) is 19.3 Å². The molecule has 100 valence electrons.